The third-order valence-electron chi connectivity index (χ3n) is 4.55. The van der Waals surface area contributed by atoms with Crippen molar-refractivity contribution in [2.45, 2.75) is 26.6 Å². The highest BCUT2D eigenvalue weighted by molar-refractivity contribution is 5.93. The highest BCUT2D eigenvalue weighted by Crippen LogP contribution is 2.21. The average molecular weight is 365 g/mol. The molecule has 0 unspecified atom stereocenters. The quantitative estimate of drug-likeness (QED) is 0.695. The Morgan fingerprint density at radius 3 is 2.67 bits per heavy atom. The number of ether oxygens (including phenoxy) is 1. The number of aryl methyl sites for hydroxylation is 1. The maximum Gasteiger partial charge on any atom is 0.272 e. The van der Waals surface area contributed by atoms with E-state index in [0.717, 1.165) is 16.7 Å². The minimum absolute atomic E-state index is 0.120. The summed E-state index contributed by atoms with van der Waals surface area (Å²) in [6.07, 6.45) is 0. The van der Waals surface area contributed by atoms with Crippen LogP contribution in [0.25, 0.3) is 0 Å². The largest absolute Gasteiger partial charge is 0.472 e. The fraction of sp³-hybridized carbons (Fsp3) is 0.238. The first-order valence-corrected chi connectivity index (χ1v) is 8.88. The predicted octanol–water partition coefficient (Wildman–Crippen LogP) is 3.57. The van der Waals surface area contributed by atoms with E-state index >= 15 is 0 Å². The molecule has 2 aromatic carbocycles. The van der Waals surface area contributed by atoms with Crippen LogP contribution in [0.2, 0.25) is 0 Å². The molecule has 3 aromatic rings. The molecule has 0 saturated carbocycles. The Bertz CT molecular complexity index is 949. The van der Waals surface area contributed by atoms with Crippen LogP contribution in [0.4, 0.5) is 4.39 Å². The number of hydrogen-bond acceptors (Lipinski definition) is 3. The van der Waals surface area contributed by atoms with Gasteiger partial charge in [0.1, 0.15) is 18.1 Å². The highest BCUT2D eigenvalue weighted by Gasteiger charge is 2.27. The van der Waals surface area contributed by atoms with Crippen LogP contribution in [0.15, 0.2) is 54.6 Å². The summed E-state index contributed by atoms with van der Waals surface area (Å²) in [5.41, 5.74) is 3.17. The fourth-order valence-electron chi connectivity index (χ4n) is 3.29. The Morgan fingerprint density at radius 2 is 1.89 bits per heavy atom. The van der Waals surface area contributed by atoms with Crippen molar-refractivity contribution >= 4 is 5.91 Å². The van der Waals surface area contributed by atoms with Gasteiger partial charge in [-0.3, -0.25) is 9.48 Å². The normalized spacial score (nSPS) is 13.6. The van der Waals surface area contributed by atoms with Gasteiger partial charge in [-0.05, 0) is 35.7 Å². The molecule has 0 bridgehead atoms. The van der Waals surface area contributed by atoms with E-state index in [9.17, 15) is 9.18 Å². The van der Waals surface area contributed by atoms with Crippen LogP contribution >= 0.6 is 0 Å². The van der Waals surface area contributed by atoms with Gasteiger partial charge < -0.3 is 9.64 Å². The monoisotopic (exact) mass is 365 g/mol. The number of carbonyl (C=O) groups is 1. The third-order valence-corrected chi connectivity index (χ3v) is 4.55. The van der Waals surface area contributed by atoms with Gasteiger partial charge in [0.25, 0.3) is 5.91 Å². The maximum atomic E-state index is 13.6. The van der Waals surface area contributed by atoms with Crippen molar-refractivity contribution in [1.29, 1.82) is 0 Å². The summed E-state index contributed by atoms with van der Waals surface area (Å²) in [6.45, 7) is 3.74. The van der Waals surface area contributed by atoms with Crippen molar-refractivity contribution in [2.24, 2.45) is 0 Å². The summed E-state index contributed by atoms with van der Waals surface area (Å²) in [7, 11) is 0. The van der Waals surface area contributed by atoms with Gasteiger partial charge in [0, 0.05) is 19.2 Å². The number of aromatic nitrogens is 2. The summed E-state index contributed by atoms with van der Waals surface area (Å²) in [6, 6.07) is 16.3. The van der Waals surface area contributed by atoms with Crippen molar-refractivity contribution in [1.82, 2.24) is 14.7 Å². The van der Waals surface area contributed by atoms with Crippen molar-refractivity contribution < 1.29 is 13.9 Å². The van der Waals surface area contributed by atoms with Crippen LogP contribution in [-0.2, 0) is 19.7 Å². The molecule has 138 valence electrons. The highest BCUT2D eigenvalue weighted by atomic mass is 19.1. The zero-order valence-corrected chi connectivity index (χ0v) is 15.1. The van der Waals surface area contributed by atoms with E-state index in [-0.39, 0.29) is 11.7 Å². The van der Waals surface area contributed by atoms with E-state index in [2.05, 4.69) is 5.10 Å². The lowest BCUT2D eigenvalue weighted by molar-refractivity contribution is 0.0683. The minimum atomic E-state index is -0.281. The molecule has 1 aliphatic rings. The molecule has 6 heteroatoms. The number of fused-ring (bicyclic) bond motifs is 1. The number of nitrogens with zero attached hydrogens (tertiary/aromatic N) is 3. The average Bonchev–Trinajstić information content (AvgIpc) is 3.06. The molecule has 4 rings (SSSR count). The molecule has 0 N–H and O–H groups in total. The van der Waals surface area contributed by atoms with E-state index in [4.69, 9.17) is 4.74 Å². The SMILES string of the molecule is Cc1cc(F)cc(CN2CCn3nc(OCc4ccccc4)cc3C2=O)c1. The van der Waals surface area contributed by atoms with Crippen LogP contribution < -0.4 is 4.74 Å². The lowest BCUT2D eigenvalue weighted by atomic mass is 10.1. The van der Waals surface area contributed by atoms with E-state index < -0.39 is 0 Å². The summed E-state index contributed by atoms with van der Waals surface area (Å²) in [5.74, 6) is 0.0342. The Kier molecular flexibility index (Phi) is 4.62. The molecule has 2 heterocycles. The van der Waals surface area contributed by atoms with Gasteiger partial charge in [0.15, 0.2) is 0 Å². The molecular weight excluding hydrogens is 345 g/mol. The molecule has 1 amide bonds. The van der Waals surface area contributed by atoms with Crippen LogP contribution in [-0.4, -0.2) is 27.1 Å². The van der Waals surface area contributed by atoms with Crippen molar-refractivity contribution in [3.05, 3.63) is 82.8 Å². The predicted molar refractivity (Wildman–Crippen MR) is 98.9 cm³/mol. The summed E-state index contributed by atoms with van der Waals surface area (Å²) >= 11 is 0. The van der Waals surface area contributed by atoms with Gasteiger partial charge in [-0.25, -0.2) is 4.39 Å². The van der Waals surface area contributed by atoms with Gasteiger partial charge >= 0.3 is 0 Å². The summed E-state index contributed by atoms with van der Waals surface area (Å²) in [5, 5.41) is 4.37. The second kappa shape index (κ2) is 7.23. The van der Waals surface area contributed by atoms with Gasteiger partial charge in [0.2, 0.25) is 5.88 Å². The van der Waals surface area contributed by atoms with E-state index in [1.807, 2.05) is 43.3 Å². The first-order valence-electron chi connectivity index (χ1n) is 8.88. The molecule has 0 radical (unpaired) electrons. The zero-order valence-electron chi connectivity index (χ0n) is 15.1. The number of hydrogen-bond donors (Lipinski definition) is 0. The second-order valence-electron chi connectivity index (χ2n) is 6.73. The van der Waals surface area contributed by atoms with Crippen LogP contribution in [0, 0.1) is 12.7 Å². The molecular formula is C21H20FN3O2. The topological polar surface area (TPSA) is 47.4 Å². The Balaban J connectivity index is 1.46. The van der Waals surface area contributed by atoms with Crippen molar-refractivity contribution in [3.63, 3.8) is 0 Å². The number of rotatable bonds is 5. The first kappa shape index (κ1) is 17.3. The number of amides is 1. The maximum absolute atomic E-state index is 13.6. The van der Waals surface area contributed by atoms with Crippen LogP contribution in [0.1, 0.15) is 27.2 Å². The zero-order chi connectivity index (χ0) is 18.8. The van der Waals surface area contributed by atoms with Gasteiger partial charge in [-0.1, -0.05) is 36.4 Å². The smallest absolute Gasteiger partial charge is 0.272 e. The standard InChI is InChI=1S/C21H20FN3O2/c1-15-9-17(11-18(22)10-15)13-24-7-8-25-19(21(24)26)12-20(23-25)27-14-16-5-3-2-4-6-16/h2-6,9-12H,7-8,13-14H2,1H3. The van der Waals surface area contributed by atoms with E-state index in [1.165, 1.54) is 12.1 Å². The molecule has 0 spiro atoms. The molecule has 0 atom stereocenters. The number of benzene rings is 2. The lowest BCUT2D eigenvalue weighted by Gasteiger charge is -2.27. The molecule has 1 aliphatic heterocycles. The molecule has 0 fully saturated rings. The van der Waals surface area contributed by atoms with Crippen LogP contribution in [0.3, 0.4) is 0 Å². The molecule has 0 aliphatic carbocycles. The Morgan fingerprint density at radius 1 is 1.07 bits per heavy atom. The van der Waals surface area contributed by atoms with Crippen molar-refractivity contribution in [3.8, 4) is 5.88 Å². The summed E-state index contributed by atoms with van der Waals surface area (Å²) < 4.78 is 21.0. The van der Waals surface area contributed by atoms with Gasteiger partial charge in [-0.2, -0.15) is 0 Å². The van der Waals surface area contributed by atoms with E-state index in [1.54, 1.807) is 15.6 Å². The first-order chi connectivity index (χ1) is 13.1. The Labute approximate surface area is 157 Å². The Hall–Kier alpha value is -3.15. The fourth-order valence-corrected chi connectivity index (χ4v) is 3.29. The third kappa shape index (κ3) is 3.84. The summed E-state index contributed by atoms with van der Waals surface area (Å²) in [4.78, 5) is 14.5. The second-order valence-corrected chi connectivity index (χ2v) is 6.73. The molecule has 5 nitrogen and oxygen atoms in total. The number of carbonyl (C=O) groups excluding carboxylic acids is 1. The minimum Gasteiger partial charge on any atom is -0.472 e. The molecule has 1 aromatic heterocycles. The van der Waals surface area contributed by atoms with E-state index in [0.29, 0.717) is 37.8 Å². The van der Waals surface area contributed by atoms with Crippen molar-refractivity contribution in [2.75, 3.05) is 6.54 Å². The van der Waals surface area contributed by atoms with Gasteiger partial charge in [0.05, 0.1) is 6.54 Å². The van der Waals surface area contributed by atoms with Crippen LogP contribution in [0.5, 0.6) is 5.88 Å². The number of halogens is 1. The molecule has 27 heavy (non-hydrogen) atoms. The molecule has 0 saturated heterocycles. The van der Waals surface area contributed by atoms with Gasteiger partial charge in [-0.15, -0.1) is 5.10 Å². The lowest BCUT2D eigenvalue weighted by Crippen LogP contribution is -2.39.